The van der Waals surface area contributed by atoms with E-state index in [1.807, 2.05) is 13.8 Å². The summed E-state index contributed by atoms with van der Waals surface area (Å²) in [6.07, 6.45) is 6.58. The van der Waals surface area contributed by atoms with Gasteiger partial charge in [-0.25, -0.2) is 8.42 Å². The summed E-state index contributed by atoms with van der Waals surface area (Å²) < 4.78 is 44.6. The zero-order chi connectivity index (χ0) is 21.6. The third-order valence-corrected chi connectivity index (χ3v) is 6.05. The molecule has 3 atom stereocenters. The minimum absolute atomic E-state index is 0. The molecule has 0 aliphatic rings. The number of carbonyl (C=O) groups excluding carboxylic acids is 2. The van der Waals surface area contributed by atoms with Gasteiger partial charge in [0, 0.05) is 21.7 Å². The van der Waals surface area contributed by atoms with Crippen LogP contribution in [0.5, 0.6) is 0 Å². The van der Waals surface area contributed by atoms with Gasteiger partial charge in [-0.3, -0.25) is 9.59 Å². The summed E-state index contributed by atoms with van der Waals surface area (Å²) in [6, 6.07) is 0. The fraction of sp³-hybridized carbons (Fsp3) is 0.900. The molecule has 0 aromatic heterocycles. The summed E-state index contributed by atoms with van der Waals surface area (Å²) in [6.45, 7) is 8.26. The SMILES string of the molecule is CCCCC(CC)COC(=O)CC(C(=O)OCC(CC)CCCC)S(=O)(=O)[O-].[Na+].[Ti]. The second kappa shape index (κ2) is 20.2. The van der Waals surface area contributed by atoms with Crippen molar-refractivity contribution in [2.75, 3.05) is 13.2 Å². The van der Waals surface area contributed by atoms with Gasteiger partial charge in [-0.15, -0.1) is 0 Å². The van der Waals surface area contributed by atoms with Crippen molar-refractivity contribution in [2.45, 2.75) is 90.7 Å². The van der Waals surface area contributed by atoms with Crippen LogP contribution in [0.3, 0.4) is 0 Å². The van der Waals surface area contributed by atoms with Crippen LogP contribution < -0.4 is 29.6 Å². The zero-order valence-electron chi connectivity index (χ0n) is 19.3. The fourth-order valence-corrected chi connectivity index (χ4v) is 3.46. The number of rotatable bonds is 16. The number of hydrogen-bond acceptors (Lipinski definition) is 7. The Bertz CT molecular complexity index is 557. The van der Waals surface area contributed by atoms with E-state index < -0.39 is 33.7 Å². The Morgan fingerprint density at radius 3 is 1.67 bits per heavy atom. The van der Waals surface area contributed by atoms with Gasteiger partial charge in [0.1, 0.15) is 10.1 Å². The molecule has 0 heterocycles. The third-order valence-electron chi connectivity index (χ3n) is 4.99. The summed E-state index contributed by atoms with van der Waals surface area (Å²) in [7, 11) is -5.01. The van der Waals surface area contributed by atoms with Gasteiger partial charge in [-0.2, -0.15) is 0 Å². The van der Waals surface area contributed by atoms with Crippen molar-refractivity contribution in [3.05, 3.63) is 0 Å². The predicted molar refractivity (Wildman–Crippen MR) is 107 cm³/mol. The van der Waals surface area contributed by atoms with Crippen LogP contribution in [0.2, 0.25) is 0 Å². The molecule has 0 saturated heterocycles. The molecule has 0 spiro atoms. The minimum atomic E-state index is -5.01. The molecule has 30 heavy (non-hydrogen) atoms. The molecule has 0 fully saturated rings. The van der Waals surface area contributed by atoms with Crippen LogP contribution in [0.15, 0.2) is 0 Å². The monoisotopic (exact) mass is 492 g/mol. The van der Waals surface area contributed by atoms with Crippen LogP contribution in [0.4, 0.5) is 0 Å². The third kappa shape index (κ3) is 16.2. The van der Waals surface area contributed by atoms with E-state index in [4.69, 9.17) is 9.47 Å². The maximum atomic E-state index is 12.1. The fourth-order valence-electron chi connectivity index (χ4n) is 2.81. The zero-order valence-corrected chi connectivity index (χ0v) is 23.7. The topological polar surface area (TPSA) is 110 Å². The molecule has 0 rings (SSSR count). The summed E-state index contributed by atoms with van der Waals surface area (Å²) >= 11 is 0. The van der Waals surface area contributed by atoms with Gasteiger partial charge in [0.05, 0.1) is 19.6 Å². The Balaban J connectivity index is -0.00000364. The van der Waals surface area contributed by atoms with Crippen LogP contribution in [0.1, 0.15) is 85.5 Å². The van der Waals surface area contributed by atoms with Crippen molar-refractivity contribution in [1.29, 1.82) is 0 Å². The predicted octanol–water partition coefficient (Wildman–Crippen LogP) is 0.811. The molecule has 10 heteroatoms. The molecule has 0 aliphatic carbocycles. The molecule has 0 bridgehead atoms. The summed E-state index contributed by atoms with van der Waals surface area (Å²) in [5.74, 6) is -1.74. The molecule has 0 N–H and O–H groups in total. The average Bonchev–Trinajstić information content (AvgIpc) is 2.65. The van der Waals surface area contributed by atoms with Crippen LogP contribution in [0.25, 0.3) is 0 Å². The normalized spacial score (nSPS) is 13.9. The summed E-state index contributed by atoms with van der Waals surface area (Å²) in [5.41, 5.74) is 0. The molecule has 0 amide bonds. The van der Waals surface area contributed by atoms with E-state index in [0.717, 1.165) is 51.4 Å². The molecular formula is C20H37NaO7STi. The second-order valence-corrected chi connectivity index (χ2v) is 8.89. The molecule has 3 unspecified atom stereocenters. The van der Waals surface area contributed by atoms with Crippen LogP contribution in [-0.4, -0.2) is 43.4 Å². The average molecular weight is 492 g/mol. The summed E-state index contributed by atoms with van der Waals surface area (Å²) in [4.78, 5) is 24.1. The Morgan fingerprint density at radius 1 is 0.867 bits per heavy atom. The van der Waals surface area contributed by atoms with Crippen LogP contribution in [-0.2, 0) is 50.9 Å². The molecular weight excluding hydrogens is 455 g/mol. The second-order valence-electron chi connectivity index (χ2n) is 7.33. The van der Waals surface area contributed by atoms with Crippen molar-refractivity contribution in [3.63, 3.8) is 0 Å². The van der Waals surface area contributed by atoms with Gasteiger partial charge in [0.2, 0.25) is 0 Å². The molecule has 0 aromatic carbocycles. The first-order valence-corrected chi connectivity index (χ1v) is 11.9. The Morgan fingerprint density at radius 2 is 1.30 bits per heavy atom. The quantitative estimate of drug-likeness (QED) is 0.178. The van der Waals surface area contributed by atoms with Crippen LogP contribution in [0, 0.1) is 11.8 Å². The van der Waals surface area contributed by atoms with E-state index in [1.165, 1.54) is 0 Å². The number of hydrogen-bond donors (Lipinski definition) is 0. The van der Waals surface area contributed by atoms with Crippen LogP contribution >= 0.6 is 0 Å². The molecule has 7 nitrogen and oxygen atoms in total. The van der Waals surface area contributed by atoms with Crippen molar-refractivity contribution in [2.24, 2.45) is 11.8 Å². The van der Waals surface area contributed by atoms with E-state index in [9.17, 15) is 22.6 Å². The van der Waals surface area contributed by atoms with Crippen molar-refractivity contribution in [3.8, 4) is 0 Å². The standard InChI is InChI=1S/C20H38O7S.Na.Ti/c1-5-9-11-16(7-3)14-26-19(21)13-18(28(23,24)25)20(22)27-15-17(8-4)12-10-6-2;;/h16-18H,5-15H2,1-4H3,(H,23,24,25);;/q;+1;/p-1. The van der Waals surface area contributed by atoms with E-state index in [2.05, 4.69) is 13.8 Å². The summed E-state index contributed by atoms with van der Waals surface area (Å²) in [5, 5.41) is -2.06. The molecule has 0 saturated carbocycles. The van der Waals surface area contributed by atoms with E-state index in [0.29, 0.717) is 0 Å². The smallest absolute Gasteiger partial charge is 0.747 e. The first-order chi connectivity index (χ1) is 13.2. The number of unbranched alkanes of at least 4 members (excludes halogenated alkanes) is 2. The van der Waals surface area contributed by atoms with E-state index in [-0.39, 0.29) is 76.3 Å². The number of esters is 2. The van der Waals surface area contributed by atoms with E-state index >= 15 is 0 Å². The van der Waals surface area contributed by atoms with Gasteiger partial charge < -0.3 is 14.0 Å². The molecule has 0 aromatic rings. The number of ether oxygens (including phenoxy) is 2. The van der Waals surface area contributed by atoms with E-state index in [1.54, 1.807) is 0 Å². The van der Waals surface area contributed by atoms with Crippen molar-refractivity contribution >= 4 is 22.1 Å². The Hall–Kier alpha value is 0.564. The largest absolute Gasteiger partial charge is 1.00 e. The van der Waals surface area contributed by atoms with Gasteiger partial charge >= 0.3 is 41.5 Å². The Kier molecular flexibility index (Phi) is 23.7. The first kappa shape index (κ1) is 35.2. The van der Waals surface area contributed by atoms with Crippen molar-refractivity contribution < 1.29 is 83.3 Å². The van der Waals surface area contributed by atoms with Gasteiger partial charge in [0.25, 0.3) is 0 Å². The molecule has 0 aliphatic heterocycles. The van der Waals surface area contributed by atoms with Gasteiger partial charge in [-0.05, 0) is 24.7 Å². The maximum Gasteiger partial charge on any atom is 1.00 e. The molecule has 170 valence electrons. The Labute approximate surface area is 219 Å². The van der Waals surface area contributed by atoms with Gasteiger partial charge in [0.15, 0.2) is 5.25 Å². The first-order valence-electron chi connectivity index (χ1n) is 10.5. The molecule has 0 radical (unpaired) electrons. The number of carbonyl (C=O) groups is 2. The maximum absolute atomic E-state index is 12.1. The minimum Gasteiger partial charge on any atom is -0.747 e. The van der Waals surface area contributed by atoms with Gasteiger partial charge in [-0.1, -0.05) is 66.2 Å². The van der Waals surface area contributed by atoms with Crippen molar-refractivity contribution in [1.82, 2.24) is 0 Å².